The molecule has 2 rings (SSSR count). The molecule has 0 spiro atoms. The van der Waals surface area contributed by atoms with Crippen LogP contribution in [0.1, 0.15) is 11.1 Å². The van der Waals surface area contributed by atoms with Gasteiger partial charge in [0.1, 0.15) is 6.07 Å². The molecular formula is C11H9BrN4. The minimum Gasteiger partial charge on any atom is -0.381 e. The molecule has 0 atom stereocenters. The van der Waals surface area contributed by atoms with Crippen LogP contribution in [0.4, 0.5) is 5.82 Å². The molecule has 0 aliphatic heterocycles. The normalized spacial score (nSPS) is 10.1. The molecule has 0 amide bonds. The van der Waals surface area contributed by atoms with Crippen LogP contribution >= 0.6 is 15.9 Å². The summed E-state index contributed by atoms with van der Waals surface area (Å²) in [7, 11) is 0. The molecule has 0 saturated carbocycles. The lowest BCUT2D eigenvalue weighted by atomic mass is 10.1. The zero-order chi connectivity index (χ0) is 11.7. The van der Waals surface area contributed by atoms with Crippen molar-refractivity contribution in [3.8, 4) is 11.8 Å². The van der Waals surface area contributed by atoms with Crippen molar-refractivity contribution in [2.45, 2.75) is 6.92 Å². The highest BCUT2D eigenvalue weighted by Crippen LogP contribution is 2.22. The monoisotopic (exact) mass is 276 g/mol. The number of hydrogen-bond acceptors (Lipinski definition) is 3. The highest BCUT2D eigenvalue weighted by Gasteiger charge is 2.08. The number of halogens is 1. The lowest BCUT2D eigenvalue weighted by Gasteiger charge is -2.04. The highest BCUT2D eigenvalue weighted by molar-refractivity contribution is 9.10. The van der Waals surface area contributed by atoms with Crippen LogP contribution in [0.5, 0.6) is 0 Å². The van der Waals surface area contributed by atoms with Crippen LogP contribution in [0.15, 0.2) is 28.9 Å². The van der Waals surface area contributed by atoms with E-state index in [-0.39, 0.29) is 0 Å². The Labute approximate surface area is 101 Å². The second-order valence-corrected chi connectivity index (χ2v) is 4.29. The summed E-state index contributed by atoms with van der Waals surface area (Å²) in [6.07, 6.45) is 1.74. The van der Waals surface area contributed by atoms with Gasteiger partial charge in [0, 0.05) is 6.20 Å². The molecule has 0 radical (unpaired) electrons. The predicted molar refractivity (Wildman–Crippen MR) is 65.1 cm³/mol. The van der Waals surface area contributed by atoms with Gasteiger partial charge in [-0.05, 0) is 40.5 Å². The van der Waals surface area contributed by atoms with Gasteiger partial charge in [0.25, 0.3) is 0 Å². The van der Waals surface area contributed by atoms with Crippen LogP contribution < -0.4 is 5.73 Å². The van der Waals surface area contributed by atoms with Gasteiger partial charge in [-0.25, -0.2) is 4.68 Å². The van der Waals surface area contributed by atoms with E-state index in [1.807, 2.05) is 19.1 Å². The molecule has 4 nitrogen and oxygen atoms in total. The van der Waals surface area contributed by atoms with Gasteiger partial charge in [-0.3, -0.25) is 0 Å². The highest BCUT2D eigenvalue weighted by atomic mass is 79.9. The lowest BCUT2D eigenvalue weighted by molar-refractivity contribution is 0.881. The van der Waals surface area contributed by atoms with E-state index in [0.717, 1.165) is 15.7 Å². The Kier molecular flexibility index (Phi) is 2.67. The third-order valence-corrected chi connectivity index (χ3v) is 2.83. The topological polar surface area (TPSA) is 67.6 Å². The summed E-state index contributed by atoms with van der Waals surface area (Å²) in [4.78, 5) is 0. The van der Waals surface area contributed by atoms with E-state index in [0.29, 0.717) is 11.4 Å². The summed E-state index contributed by atoms with van der Waals surface area (Å²) in [6, 6.07) is 7.70. The molecule has 0 aliphatic rings. The zero-order valence-corrected chi connectivity index (χ0v) is 10.2. The molecule has 80 valence electrons. The molecule has 0 fully saturated rings. The van der Waals surface area contributed by atoms with E-state index in [1.54, 1.807) is 16.9 Å². The van der Waals surface area contributed by atoms with Gasteiger partial charge < -0.3 is 5.73 Å². The van der Waals surface area contributed by atoms with E-state index >= 15 is 0 Å². The average molecular weight is 277 g/mol. The Morgan fingerprint density at radius 1 is 1.50 bits per heavy atom. The third-order valence-electron chi connectivity index (χ3n) is 2.22. The summed E-state index contributed by atoms with van der Waals surface area (Å²) in [5.41, 5.74) is 8.02. The lowest BCUT2D eigenvalue weighted by Crippen LogP contribution is -1.99. The maximum atomic E-state index is 9.01. The van der Waals surface area contributed by atoms with Crippen LogP contribution in [-0.4, -0.2) is 9.78 Å². The second kappa shape index (κ2) is 3.99. The molecule has 1 aromatic heterocycles. The van der Waals surface area contributed by atoms with Crippen molar-refractivity contribution in [3.05, 3.63) is 40.0 Å². The minimum absolute atomic E-state index is 0.408. The fourth-order valence-corrected chi connectivity index (χ4v) is 1.69. The van der Waals surface area contributed by atoms with Gasteiger partial charge in [-0.2, -0.15) is 5.26 Å². The van der Waals surface area contributed by atoms with E-state index < -0.39 is 0 Å². The zero-order valence-electron chi connectivity index (χ0n) is 8.61. The second-order valence-electron chi connectivity index (χ2n) is 3.44. The molecular weight excluding hydrogens is 268 g/mol. The Bertz CT molecular complexity index is 561. The number of rotatable bonds is 1. The van der Waals surface area contributed by atoms with Crippen LogP contribution in [0.25, 0.3) is 5.69 Å². The van der Waals surface area contributed by atoms with Crippen LogP contribution in [0, 0.1) is 18.3 Å². The molecule has 0 saturated heterocycles. The SMILES string of the molecule is Cc1ccc(C#N)c(-n2cc(Br)c(N)n2)c1. The Morgan fingerprint density at radius 2 is 2.25 bits per heavy atom. The fraction of sp³-hybridized carbons (Fsp3) is 0.0909. The first-order chi connectivity index (χ1) is 7.61. The predicted octanol–water partition coefficient (Wildman–Crippen LogP) is 2.40. The van der Waals surface area contributed by atoms with Crippen molar-refractivity contribution in [2.24, 2.45) is 0 Å². The third kappa shape index (κ3) is 1.79. The van der Waals surface area contributed by atoms with Gasteiger partial charge in [-0.15, -0.1) is 5.10 Å². The standard InChI is InChI=1S/C11H9BrN4/c1-7-2-3-8(5-13)10(4-7)16-6-9(12)11(14)15-16/h2-4,6H,1H3,(H2,14,15). The molecule has 2 aromatic rings. The number of nitrogens with zero attached hydrogens (tertiary/aromatic N) is 3. The quantitative estimate of drug-likeness (QED) is 0.870. The van der Waals surface area contributed by atoms with E-state index in [9.17, 15) is 0 Å². The van der Waals surface area contributed by atoms with Crippen molar-refractivity contribution in [1.82, 2.24) is 9.78 Å². The molecule has 0 unspecified atom stereocenters. The van der Waals surface area contributed by atoms with Gasteiger partial charge in [0.2, 0.25) is 0 Å². The van der Waals surface area contributed by atoms with Crippen molar-refractivity contribution < 1.29 is 0 Å². The Balaban J connectivity index is 2.63. The number of nitrogens with two attached hydrogens (primary N) is 1. The number of anilines is 1. The maximum absolute atomic E-state index is 9.01. The number of nitriles is 1. The van der Waals surface area contributed by atoms with Crippen LogP contribution in [0.2, 0.25) is 0 Å². The van der Waals surface area contributed by atoms with Crippen molar-refractivity contribution in [3.63, 3.8) is 0 Å². The summed E-state index contributed by atoms with van der Waals surface area (Å²) in [5, 5.41) is 13.1. The number of aromatic nitrogens is 2. The van der Waals surface area contributed by atoms with Crippen molar-refractivity contribution in [1.29, 1.82) is 5.26 Å². The molecule has 1 aromatic carbocycles. The molecule has 2 N–H and O–H groups in total. The van der Waals surface area contributed by atoms with Gasteiger partial charge >= 0.3 is 0 Å². The van der Waals surface area contributed by atoms with E-state index in [4.69, 9.17) is 11.0 Å². The summed E-state index contributed by atoms with van der Waals surface area (Å²) >= 11 is 3.29. The smallest absolute Gasteiger partial charge is 0.160 e. The number of aryl methyl sites for hydroxylation is 1. The number of nitrogen functional groups attached to an aromatic ring is 1. The largest absolute Gasteiger partial charge is 0.381 e. The maximum Gasteiger partial charge on any atom is 0.160 e. The van der Waals surface area contributed by atoms with E-state index in [1.165, 1.54) is 0 Å². The van der Waals surface area contributed by atoms with Crippen LogP contribution in [0.3, 0.4) is 0 Å². The van der Waals surface area contributed by atoms with Crippen molar-refractivity contribution in [2.75, 3.05) is 5.73 Å². The molecule has 0 aliphatic carbocycles. The minimum atomic E-state index is 0.408. The molecule has 1 heterocycles. The Hall–Kier alpha value is -1.80. The first-order valence-electron chi connectivity index (χ1n) is 4.63. The number of benzene rings is 1. The number of hydrogen-bond donors (Lipinski definition) is 1. The summed E-state index contributed by atoms with van der Waals surface area (Å²) in [6.45, 7) is 1.96. The molecule has 0 bridgehead atoms. The van der Waals surface area contributed by atoms with Gasteiger partial charge in [0.15, 0.2) is 5.82 Å². The van der Waals surface area contributed by atoms with Crippen molar-refractivity contribution >= 4 is 21.7 Å². The first-order valence-corrected chi connectivity index (χ1v) is 5.43. The molecule has 5 heteroatoms. The Morgan fingerprint density at radius 3 is 2.81 bits per heavy atom. The fourth-order valence-electron chi connectivity index (χ4n) is 1.42. The van der Waals surface area contributed by atoms with Crippen LogP contribution in [-0.2, 0) is 0 Å². The van der Waals surface area contributed by atoms with Gasteiger partial charge in [-0.1, -0.05) is 6.07 Å². The summed E-state index contributed by atoms with van der Waals surface area (Å²) in [5.74, 6) is 0.408. The first kappa shape index (κ1) is 10.7. The van der Waals surface area contributed by atoms with E-state index in [2.05, 4.69) is 27.1 Å². The summed E-state index contributed by atoms with van der Waals surface area (Å²) < 4.78 is 2.32. The average Bonchev–Trinajstić information content (AvgIpc) is 2.59. The molecule has 16 heavy (non-hydrogen) atoms. The van der Waals surface area contributed by atoms with Gasteiger partial charge in [0.05, 0.1) is 15.7 Å².